The lowest BCUT2D eigenvalue weighted by Gasteiger charge is -2.02. The summed E-state index contributed by atoms with van der Waals surface area (Å²) in [6.45, 7) is 0.110. The van der Waals surface area contributed by atoms with Gasteiger partial charge in [0, 0.05) is 5.56 Å². The molecule has 2 amide bonds. The van der Waals surface area contributed by atoms with E-state index in [0.29, 0.717) is 21.4 Å². The molecular formula is C14H11Cl2N3O3. The Morgan fingerprint density at radius 2 is 1.86 bits per heavy atom. The van der Waals surface area contributed by atoms with Gasteiger partial charge in [0.2, 0.25) is 0 Å². The smallest absolute Gasteiger partial charge is 0.329 e. The first kappa shape index (κ1) is 16.1. The summed E-state index contributed by atoms with van der Waals surface area (Å²) in [5.41, 5.74) is 2.53. The van der Waals surface area contributed by atoms with Crippen molar-refractivity contribution in [1.29, 1.82) is 0 Å². The molecule has 0 bridgehead atoms. The molecule has 0 unspecified atom stereocenters. The zero-order valence-electron chi connectivity index (χ0n) is 11.2. The Morgan fingerprint density at radius 3 is 2.50 bits per heavy atom. The summed E-state index contributed by atoms with van der Waals surface area (Å²) < 4.78 is 5.02. The number of hydrazone groups is 1. The molecule has 1 aromatic heterocycles. The highest BCUT2D eigenvalue weighted by atomic mass is 35.5. The Morgan fingerprint density at radius 1 is 1.14 bits per heavy atom. The maximum absolute atomic E-state index is 11.5. The largest absolute Gasteiger partial charge is 0.467 e. The molecule has 114 valence electrons. The fourth-order valence-electron chi connectivity index (χ4n) is 1.50. The predicted molar refractivity (Wildman–Crippen MR) is 82.8 cm³/mol. The van der Waals surface area contributed by atoms with E-state index in [1.165, 1.54) is 12.5 Å². The van der Waals surface area contributed by atoms with E-state index in [-0.39, 0.29) is 6.54 Å². The number of hydrogen-bond donors (Lipinski definition) is 2. The van der Waals surface area contributed by atoms with Gasteiger partial charge >= 0.3 is 11.8 Å². The first-order valence-electron chi connectivity index (χ1n) is 6.15. The lowest BCUT2D eigenvalue weighted by molar-refractivity contribution is -0.139. The Balaban J connectivity index is 1.86. The van der Waals surface area contributed by atoms with Crippen LogP contribution >= 0.6 is 23.2 Å². The molecule has 0 aliphatic rings. The number of amides is 2. The molecule has 0 saturated heterocycles. The summed E-state index contributed by atoms with van der Waals surface area (Å²) in [6, 6.07) is 8.30. The summed E-state index contributed by atoms with van der Waals surface area (Å²) in [6.07, 6.45) is 2.74. The van der Waals surface area contributed by atoms with Crippen molar-refractivity contribution in [1.82, 2.24) is 10.7 Å². The van der Waals surface area contributed by atoms with E-state index in [9.17, 15) is 9.59 Å². The monoisotopic (exact) mass is 339 g/mol. The van der Waals surface area contributed by atoms with Crippen molar-refractivity contribution in [2.24, 2.45) is 5.10 Å². The first-order chi connectivity index (χ1) is 10.6. The van der Waals surface area contributed by atoms with E-state index >= 15 is 0 Å². The number of furan rings is 1. The van der Waals surface area contributed by atoms with Crippen LogP contribution in [0, 0.1) is 0 Å². The van der Waals surface area contributed by atoms with Gasteiger partial charge in [0.05, 0.1) is 29.1 Å². The zero-order valence-corrected chi connectivity index (χ0v) is 12.7. The van der Waals surface area contributed by atoms with E-state index < -0.39 is 11.8 Å². The van der Waals surface area contributed by atoms with Crippen LogP contribution in [0.25, 0.3) is 0 Å². The van der Waals surface area contributed by atoms with Crippen LogP contribution in [-0.4, -0.2) is 18.0 Å². The molecular weight excluding hydrogens is 329 g/mol. The Bertz CT molecular complexity index is 679. The summed E-state index contributed by atoms with van der Waals surface area (Å²) in [5, 5.41) is 6.80. The maximum atomic E-state index is 11.5. The standard InChI is InChI=1S/C14H11Cl2N3O3/c15-11-4-1-5-12(16)10(11)8-18-19-14(21)13(20)17-7-9-3-2-6-22-9/h1-6,8H,7H2,(H,17,20)(H,19,21)/b18-8+. The fourth-order valence-corrected chi connectivity index (χ4v) is 2.00. The van der Waals surface area contributed by atoms with Crippen LogP contribution in [0.3, 0.4) is 0 Å². The van der Waals surface area contributed by atoms with Crippen molar-refractivity contribution in [2.45, 2.75) is 6.54 Å². The maximum Gasteiger partial charge on any atom is 0.329 e. The van der Waals surface area contributed by atoms with Crippen molar-refractivity contribution in [2.75, 3.05) is 0 Å². The summed E-state index contributed by atoms with van der Waals surface area (Å²) >= 11 is 11.9. The van der Waals surface area contributed by atoms with Gasteiger partial charge in [-0.15, -0.1) is 0 Å². The molecule has 2 aromatic rings. The highest BCUT2D eigenvalue weighted by Crippen LogP contribution is 2.21. The molecule has 0 aliphatic carbocycles. The molecule has 0 aliphatic heterocycles. The normalized spacial score (nSPS) is 10.6. The van der Waals surface area contributed by atoms with Crippen LogP contribution in [0.5, 0.6) is 0 Å². The molecule has 0 atom stereocenters. The van der Waals surface area contributed by atoms with Crippen LogP contribution < -0.4 is 10.7 Å². The fraction of sp³-hybridized carbons (Fsp3) is 0.0714. The molecule has 8 heteroatoms. The van der Waals surface area contributed by atoms with Crippen LogP contribution in [0.4, 0.5) is 0 Å². The van der Waals surface area contributed by atoms with Gasteiger partial charge in [-0.1, -0.05) is 29.3 Å². The van der Waals surface area contributed by atoms with Gasteiger partial charge in [-0.3, -0.25) is 9.59 Å². The van der Waals surface area contributed by atoms with Gasteiger partial charge in [0.1, 0.15) is 5.76 Å². The predicted octanol–water partition coefficient (Wildman–Crippen LogP) is 2.35. The number of halogens is 2. The number of carbonyl (C=O) groups is 2. The van der Waals surface area contributed by atoms with E-state index in [1.54, 1.807) is 30.3 Å². The summed E-state index contributed by atoms with van der Waals surface area (Å²) in [4.78, 5) is 23.1. The molecule has 0 radical (unpaired) electrons. The van der Waals surface area contributed by atoms with E-state index in [2.05, 4.69) is 15.8 Å². The van der Waals surface area contributed by atoms with Gasteiger partial charge in [0.25, 0.3) is 0 Å². The van der Waals surface area contributed by atoms with Crippen molar-refractivity contribution >= 4 is 41.2 Å². The van der Waals surface area contributed by atoms with Gasteiger partial charge in [0.15, 0.2) is 0 Å². The Kier molecular flexibility index (Phi) is 5.57. The van der Waals surface area contributed by atoms with E-state index in [1.807, 2.05) is 0 Å². The molecule has 1 aromatic carbocycles. The van der Waals surface area contributed by atoms with Crippen molar-refractivity contribution in [3.63, 3.8) is 0 Å². The molecule has 0 fully saturated rings. The number of nitrogens with one attached hydrogen (secondary N) is 2. The third kappa shape index (κ3) is 4.34. The number of nitrogens with zero attached hydrogens (tertiary/aromatic N) is 1. The second-order valence-corrected chi connectivity index (χ2v) is 4.91. The molecule has 22 heavy (non-hydrogen) atoms. The Labute approximate surface area is 136 Å². The average Bonchev–Trinajstić information content (AvgIpc) is 3.01. The highest BCUT2D eigenvalue weighted by Gasteiger charge is 2.12. The second-order valence-electron chi connectivity index (χ2n) is 4.10. The minimum absolute atomic E-state index is 0.110. The SMILES string of the molecule is O=C(NCc1ccco1)C(=O)N/N=C/c1c(Cl)cccc1Cl. The van der Waals surface area contributed by atoms with Gasteiger partial charge in [-0.2, -0.15) is 5.10 Å². The molecule has 2 N–H and O–H groups in total. The van der Waals surface area contributed by atoms with Gasteiger partial charge in [-0.25, -0.2) is 5.43 Å². The van der Waals surface area contributed by atoms with E-state index in [4.69, 9.17) is 27.6 Å². The van der Waals surface area contributed by atoms with Crippen LogP contribution in [-0.2, 0) is 16.1 Å². The van der Waals surface area contributed by atoms with Crippen LogP contribution in [0.15, 0.2) is 46.1 Å². The zero-order chi connectivity index (χ0) is 15.9. The minimum atomic E-state index is -0.911. The van der Waals surface area contributed by atoms with Crippen molar-refractivity contribution < 1.29 is 14.0 Å². The van der Waals surface area contributed by atoms with E-state index in [0.717, 1.165) is 0 Å². The second kappa shape index (κ2) is 7.63. The third-order valence-corrected chi connectivity index (χ3v) is 3.23. The van der Waals surface area contributed by atoms with Crippen LogP contribution in [0.1, 0.15) is 11.3 Å². The van der Waals surface area contributed by atoms with Gasteiger partial charge in [-0.05, 0) is 24.3 Å². The van der Waals surface area contributed by atoms with Crippen molar-refractivity contribution in [3.8, 4) is 0 Å². The molecule has 0 saturated carbocycles. The number of carbonyl (C=O) groups excluding carboxylic acids is 2. The quantitative estimate of drug-likeness (QED) is 0.509. The molecule has 1 heterocycles. The number of benzene rings is 1. The summed E-state index contributed by atoms with van der Waals surface area (Å²) in [5.74, 6) is -1.21. The number of hydrogen-bond acceptors (Lipinski definition) is 4. The first-order valence-corrected chi connectivity index (χ1v) is 6.91. The topological polar surface area (TPSA) is 83.7 Å². The Hall–Kier alpha value is -2.31. The van der Waals surface area contributed by atoms with Crippen molar-refractivity contribution in [3.05, 3.63) is 58.0 Å². The molecule has 6 nitrogen and oxygen atoms in total. The van der Waals surface area contributed by atoms with Gasteiger partial charge < -0.3 is 9.73 Å². The highest BCUT2D eigenvalue weighted by molar-refractivity contribution is 6.38. The lowest BCUT2D eigenvalue weighted by Crippen LogP contribution is -2.37. The molecule has 0 spiro atoms. The minimum Gasteiger partial charge on any atom is -0.467 e. The number of rotatable bonds is 4. The lowest BCUT2D eigenvalue weighted by atomic mass is 10.2. The average molecular weight is 340 g/mol. The molecule has 2 rings (SSSR count). The summed E-state index contributed by atoms with van der Waals surface area (Å²) in [7, 11) is 0. The third-order valence-electron chi connectivity index (χ3n) is 2.57. The van der Waals surface area contributed by atoms with Crippen LogP contribution in [0.2, 0.25) is 10.0 Å².